The van der Waals surface area contributed by atoms with Crippen LogP contribution in [0.5, 0.6) is 11.5 Å². The first-order valence-electron chi connectivity index (χ1n) is 5.29. The van der Waals surface area contributed by atoms with Gasteiger partial charge < -0.3 is 19.9 Å². The molecule has 2 N–H and O–H groups in total. The highest BCUT2D eigenvalue weighted by molar-refractivity contribution is 5.39. The van der Waals surface area contributed by atoms with Gasteiger partial charge in [-0.25, -0.2) is 0 Å². The Balaban J connectivity index is 3.00. The van der Waals surface area contributed by atoms with E-state index >= 15 is 0 Å². The van der Waals surface area contributed by atoms with Gasteiger partial charge in [-0.3, -0.25) is 0 Å². The van der Waals surface area contributed by atoms with Crippen LogP contribution in [-0.2, 0) is 4.74 Å². The normalized spacial score (nSPS) is 12.2. The molecule has 0 aliphatic carbocycles. The van der Waals surface area contributed by atoms with E-state index in [1.807, 2.05) is 25.1 Å². The maximum atomic E-state index is 5.67. The van der Waals surface area contributed by atoms with Gasteiger partial charge >= 0.3 is 0 Å². The lowest BCUT2D eigenvalue weighted by atomic mass is 10.1. The van der Waals surface area contributed by atoms with Crippen molar-refractivity contribution >= 4 is 0 Å². The summed E-state index contributed by atoms with van der Waals surface area (Å²) < 4.78 is 15.9. The third-order valence-electron chi connectivity index (χ3n) is 2.33. The number of hydrogen-bond donors (Lipinski definition) is 1. The topological polar surface area (TPSA) is 53.7 Å². The lowest BCUT2D eigenvalue weighted by Gasteiger charge is -2.17. The molecule has 0 spiro atoms. The third-order valence-corrected chi connectivity index (χ3v) is 2.33. The fourth-order valence-electron chi connectivity index (χ4n) is 1.52. The number of benzene rings is 1. The molecule has 0 fully saturated rings. The first kappa shape index (κ1) is 12.8. The molecule has 1 aromatic rings. The summed E-state index contributed by atoms with van der Waals surface area (Å²) in [6, 6.07) is 5.65. The van der Waals surface area contributed by atoms with Gasteiger partial charge in [0, 0.05) is 19.2 Å². The summed E-state index contributed by atoms with van der Waals surface area (Å²) in [5.41, 5.74) is 6.64. The fourth-order valence-corrected chi connectivity index (χ4v) is 1.52. The molecule has 4 nitrogen and oxygen atoms in total. The molecule has 0 heterocycles. The summed E-state index contributed by atoms with van der Waals surface area (Å²) >= 11 is 0. The van der Waals surface area contributed by atoms with Gasteiger partial charge in [0.05, 0.1) is 20.3 Å². The Bertz CT molecular complexity index is 306. The van der Waals surface area contributed by atoms with Crippen molar-refractivity contribution in [3.05, 3.63) is 23.8 Å². The molecule has 1 atom stereocenters. The highest BCUT2D eigenvalue weighted by Gasteiger charge is 2.12. The van der Waals surface area contributed by atoms with Crippen LogP contribution in [0.25, 0.3) is 0 Å². The van der Waals surface area contributed by atoms with Gasteiger partial charge in [0.2, 0.25) is 0 Å². The molecule has 0 bridgehead atoms. The van der Waals surface area contributed by atoms with Crippen molar-refractivity contribution in [2.24, 2.45) is 5.73 Å². The van der Waals surface area contributed by atoms with Crippen LogP contribution in [-0.4, -0.2) is 27.4 Å². The van der Waals surface area contributed by atoms with Gasteiger partial charge in [0.15, 0.2) is 0 Å². The molecule has 0 aliphatic rings. The molecule has 0 amide bonds. The molecule has 1 unspecified atom stereocenters. The smallest absolute Gasteiger partial charge is 0.122 e. The zero-order valence-electron chi connectivity index (χ0n) is 10.0. The molecule has 0 saturated heterocycles. The van der Waals surface area contributed by atoms with Crippen LogP contribution < -0.4 is 15.2 Å². The van der Waals surface area contributed by atoms with E-state index in [2.05, 4.69) is 0 Å². The summed E-state index contributed by atoms with van der Waals surface area (Å²) in [5, 5.41) is 0. The van der Waals surface area contributed by atoms with Crippen LogP contribution in [0.3, 0.4) is 0 Å². The quantitative estimate of drug-likeness (QED) is 0.801. The Hall–Kier alpha value is -1.26. The van der Waals surface area contributed by atoms with Gasteiger partial charge in [-0.2, -0.15) is 0 Å². The monoisotopic (exact) mass is 225 g/mol. The van der Waals surface area contributed by atoms with E-state index in [4.69, 9.17) is 19.9 Å². The molecule has 16 heavy (non-hydrogen) atoms. The van der Waals surface area contributed by atoms with Crippen molar-refractivity contribution in [1.82, 2.24) is 0 Å². The van der Waals surface area contributed by atoms with Gasteiger partial charge in [0.1, 0.15) is 11.5 Å². The Labute approximate surface area is 96.3 Å². The van der Waals surface area contributed by atoms with Crippen molar-refractivity contribution in [2.75, 3.05) is 27.4 Å². The number of hydrogen-bond acceptors (Lipinski definition) is 4. The zero-order chi connectivity index (χ0) is 12.0. The molecule has 1 rings (SSSR count). The SMILES string of the molecule is CCOC(CN)c1cc(OC)cc(OC)c1. The third kappa shape index (κ3) is 3.12. The largest absolute Gasteiger partial charge is 0.497 e. The van der Waals surface area contributed by atoms with E-state index in [9.17, 15) is 0 Å². The van der Waals surface area contributed by atoms with Gasteiger partial charge in [-0.05, 0) is 24.6 Å². The minimum atomic E-state index is -0.117. The molecular formula is C12H19NO3. The molecule has 1 aromatic carbocycles. The van der Waals surface area contributed by atoms with E-state index in [1.54, 1.807) is 14.2 Å². The van der Waals surface area contributed by atoms with E-state index in [0.717, 1.165) is 17.1 Å². The van der Waals surface area contributed by atoms with Gasteiger partial charge in [0.25, 0.3) is 0 Å². The maximum Gasteiger partial charge on any atom is 0.122 e. The average Bonchev–Trinajstić information content (AvgIpc) is 2.35. The Morgan fingerprint density at radius 1 is 1.12 bits per heavy atom. The Morgan fingerprint density at radius 3 is 2.06 bits per heavy atom. The lowest BCUT2D eigenvalue weighted by Crippen LogP contribution is -2.16. The van der Waals surface area contributed by atoms with Crippen molar-refractivity contribution in [3.8, 4) is 11.5 Å². The summed E-state index contributed by atoms with van der Waals surface area (Å²) in [6.45, 7) is 3.01. The summed E-state index contributed by atoms with van der Waals surface area (Å²) in [7, 11) is 3.24. The zero-order valence-corrected chi connectivity index (χ0v) is 10.0. The first-order valence-corrected chi connectivity index (χ1v) is 5.29. The number of rotatable bonds is 6. The van der Waals surface area contributed by atoms with Crippen LogP contribution in [0.4, 0.5) is 0 Å². The predicted octanol–water partition coefficient (Wildman–Crippen LogP) is 1.74. The highest BCUT2D eigenvalue weighted by Crippen LogP contribution is 2.27. The molecule has 90 valence electrons. The van der Waals surface area contributed by atoms with Crippen molar-refractivity contribution in [1.29, 1.82) is 0 Å². The number of ether oxygens (including phenoxy) is 3. The van der Waals surface area contributed by atoms with Crippen molar-refractivity contribution < 1.29 is 14.2 Å². The second-order valence-electron chi connectivity index (χ2n) is 3.33. The minimum Gasteiger partial charge on any atom is -0.497 e. The van der Waals surface area contributed by atoms with Crippen molar-refractivity contribution in [2.45, 2.75) is 13.0 Å². The average molecular weight is 225 g/mol. The number of nitrogens with two attached hydrogens (primary N) is 1. The molecular weight excluding hydrogens is 206 g/mol. The van der Waals surface area contributed by atoms with Crippen molar-refractivity contribution in [3.63, 3.8) is 0 Å². The fraction of sp³-hybridized carbons (Fsp3) is 0.500. The highest BCUT2D eigenvalue weighted by atomic mass is 16.5. The predicted molar refractivity (Wildman–Crippen MR) is 63.0 cm³/mol. The minimum absolute atomic E-state index is 0.117. The molecule has 0 aromatic heterocycles. The Kier molecular flexibility index (Phi) is 5.08. The molecule has 4 heteroatoms. The van der Waals surface area contributed by atoms with Crippen LogP contribution >= 0.6 is 0 Å². The van der Waals surface area contributed by atoms with E-state index in [1.165, 1.54) is 0 Å². The summed E-state index contributed by atoms with van der Waals surface area (Å²) in [6.07, 6.45) is -0.117. The maximum absolute atomic E-state index is 5.67. The standard InChI is InChI=1S/C12H19NO3/c1-4-16-12(8-13)9-5-10(14-2)7-11(6-9)15-3/h5-7,12H,4,8,13H2,1-3H3. The molecule has 0 radical (unpaired) electrons. The lowest BCUT2D eigenvalue weighted by molar-refractivity contribution is 0.0685. The van der Waals surface area contributed by atoms with E-state index in [-0.39, 0.29) is 6.10 Å². The van der Waals surface area contributed by atoms with Crippen LogP contribution in [0.2, 0.25) is 0 Å². The van der Waals surface area contributed by atoms with Crippen LogP contribution in [0.1, 0.15) is 18.6 Å². The Morgan fingerprint density at radius 2 is 1.69 bits per heavy atom. The van der Waals surface area contributed by atoms with Gasteiger partial charge in [-0.1, -0.05) is 0 Å². The number of methoxy groups -OCH3 is 2. The molecule has 0 saturated carbocycles. The van der Waals surface area contributed by atoms with Gasteiger partial charge in [-0.15, -0.1) is 0 Å². The van der Waals surface area contributed by atoms with E-state index < -0.39 is 0 Å². The summed E-state index contributed by atoms with van der Waals surface area (Å²) in [5.74, 6) is 1.49. The van der Waals surface area contributed by atoms with Crippen LogP contribution in [0.15, 0.2) is 18.2 Å². The second-order valence-corrected chi connectivity index (χ2v) is 3.33. The van der Waals surface area contributed by atoms with E-state index in [0.29, 0.717) is 13.2 Å². The molecule has 0 aliphatic heterocycles. The summed E-state index contributed by atoms with van der Waals surface area (Å²) in [4.78, 5) is 0. The van der Waals surface area contributed by atoms with Crippen LogP contribution in [0, 0.1) is 0 Å². The second kappa shape index (κ2) is 6.35. The first-order chi connectivity index (χ1) is 7.74.